The molecule has 236 valence electrons. The van der Waals surface area contributed by atoms with Crippen LogP contribution in [0.25, 0.3) is 0 Å². The molecule has 0 amide bonds. The van der Waals surface area contributed by atoms with Gasteiger partial charge in [0.1, 0.15) is 23.7 Å². The molecule has 0 bridgehead atoms. The number of hydrogen-bond acceptors (Lipinski definition) is 13. The van der Waals surface area contributed by atoms with E-state index >= 15 is 0 Å². The van der Waals surface area contributed by atoms with Gasteiger partial charge in [0.05, 0.1) is 25.6 Å². The number of carbonyl (C=O) groups excluding carboxylic acids is 3. The molecule has 2 fully saturated rings. The number of H-pyrrole nitrogens is 1. The van der Waals surface area contributed by atoms with E-state index in [1.54, 1.807) is 34.6 Å². The first-order valence-corrected chi connectivity index (χ1v) is 15.6. The van der Waals surface area contributed by atoms with Crippen LogP contribution in [-0.2, 0) is 46.9 Å². The van der Waals surface area contributed by atoms with Gasteiger partial charge in [-0.2, -0.15) is 0 Å². The lowest BCUT2D eigenvalue weighted by molar-refractivity contribution is -0.200. The molecule has 0 radical (unpaired) electrons. The number of ether oxygens (including phenoxy) is 4. The number of nitrogens with one attached hydrogen (secondary N) is 1. The van der Waals surface area contributed by atoms with Crippen molar-refractivity contribution in [3.8, 4) is 0 Å². The van der Waals surface area contributed by atoms with Gasteiger partial charge in [0.2, 0.25) is 0 Å². The largest absolute Gasteiger partial charge is 0.472 e. The smallest absolute Gasteiger partial charge is 0.465 e. The summed E-state index contributed by atoms with van der Waals surface area (Å²) in [5, 5.41) is -0.280. The molecule has 6 atom stereocenters. The minimum atomic E-state index is -4.91. The van der Waals surface area contributed by atoms with Crippen LogP contribution in [0.5, 0.6) is 0 Å². The van der Waals surface area contributed by atoms with Gasteiger partial charge in [0.25, 0.3) is 5.56 Å². The SMILES string of the molecule is CCOC(=O)C(C)(COP(=O)(O)OC[C@H]1O[C@@H](n2ccc(=O)[nH]c2=O)[C@@H]2OC(C)(C)O[C@@H]21)C(=O)CSC(=O)C(C)(C)C. The van der Waals surface area contributed by atoms with E-state index < -0.39 is 85.2 Å². The molecule has 2 aliphatic rings. The molecule has 42 heavy (non-hydrogen) atoms. The number of aromatic nitrogens is 2. The number of aromatic amines is 1. The van der Waals surface area contributed by atoms with Gasteiger partial charge in [0, 0.05) is 17.7 Å². The summed E-state index contributed by atoms with van der Waals surface area (Å²) in [5.74, 6) is -3.20. The number of thioether (sulfide) groups is 1. The number of phosphoric ester groups is 1. The van der Waals surface area contributed by atoms with Gasteiger partial charge in [-0.1, -0.05) is 32.5 Å². The fraction of sp³-hybridized carbons (Fsp3) is 0.720. The Labute approximate surface area is 246 Å². The van der Waals surface area contributed by atoms with Crippen molar-refractivity contribution in [3.63, 3.8) is 0 Å². The summed E-state index contributed by atoms with van der Waals surface area (Å²) in [6, 6.07) is 1.12. The summed E-state index contributed by atoms with van der Waals surface area (Å²) in [6.45, 7) is 9.53. The molecule has 17 heteroatoms. The topological polar surface area (TPSA) is 199 Å². The fourth-order valence-corrected chi connectivity index (χ4v) is 5.96. The number of carbonyl (C=O) groups is 3. The van der Waals surface area contributed by atoms with E-state index in [0.29, 0.717) is 0 Å². The van der Waals surface area contributed by atoms with E-state index in [2.05, 4.69) is 4.98 Å². The van der Waals surface area contributed by atoms with Crippen molar-refractivity contribution in [2.75, 3.05) is 25.6 Å². The maximum atomic E-state index is 13.0. The Balaban J connectivity index is 1.70. The van der Waals surface area contributed by atoms with E-state index in [1.807, 2.05) is 0 Å². The monoisotopic (exact) mass is 636 g/mol. The highest BCUT2D eigenvalue weighted by molar-refractivity contribution is 8.14. The van der Waals surface area contributed by atoms with E-state index in [0.717, 1.165) is 22.4 Å². The maximum absolute atomic E-state index is 13.0. The van der Waals surface area contributed by atoms with E-state index in [9.17, 15) is 33.4 Å². The van der Waals surface area contributed by atoms with Crippen LogP contribution in [-0.4, -0.2) is 81.0 Å². The van der Waals surface area contributed by atoms with Crippen molar-refractivity contribution in [2.24, 2.45) is 10.8 Å². The minimum absolute atomic E-state index is 0.0669. The molecule has 1 aromatic heterocycles. The minimum Gasteiger partial charge on any atom is -0.465 e. The van der Waals surface area contributed by atoms with Crippen molar-refractivity contribution in [2.45, 2.75) is 78.8 Å². The Morgan fingerprint density at radius 2 is 1.79 bits per heavy atom. The van der Waals surface area contributed by atoms with Crippen LogP contribution < -0.4 is 11.2 Å². The van der Waals surface area contributed by atoms with E-state index in [4.69, 9.17) is 28.0 Å². The molecule has 0 spiro atoms. The van der Waals surface area contributed by atoms with Crippen molar-refractivity contribution in [1.29, 1.82) is 0 Å². The van der Waals surface area contributed by atoms with Gasteiger partial charge in [-0.25, -0.2) is 9.36 Å². The second-order valence-corrected chi connectivity index (χ2v) is 13.9. The highest BCUT2D eigenvalue weighted by Gasteiger charge is 2.56. The number of Topliss-reactive ketones (excluding diaryl/α,β-unsaturated/α-hetero) is 1. The van der Waals surface area contributed by atoms with Crippen LogP contribution in [0.4, 0.5) is 0 Å². The molecule has 2 saturated heterocycles. The maximum Gasteiger partial charge on any atom is 0.472 e. The molecule has 0 saturated carbocycles. The average molecular weight is 637 g/mol. The normalized spacial score (nSPS) is 26.2. The third kappa shape index (κ3) is 8.05. The number of nitrogens with zero attached hydrogens (tertiary/aromatic N) is 1. The van der Waals surface area contributed by atoms with Gasteiger partial charge in [-0.05, 0) is 27.7 Å². The first-order valence-electron chi connectivity index (χ1n) is 13.1. The number of fused-ring (bicyclic) bond motifs is 1. The number of phosphoric acid groups is 1. The summed E-state index contributed by atoms with van der Waals surface area (Å²) in [7, 11) is -4.91. The molecule has 2 unspecified atom stereocenters. The highest BCUT2D eigenvalue weighted by atomic mass is 32.2. The molecule has 1 aromatic rings. The van der Waals surface area contributed by atoms with E-state index in [-0.39, 0.29) is 17.5 Å². The Kier molecular flexibility index (Phi) is 10.5. The quantitative estimate of drug-likeness (QED) is 0.190. The van der Waals surface area contributed by atoms with Gasteiger partial charge in [-0.15, -0.1) is 0 Å². The standard InChI is InChI=1S/C25H37N2O13PS/c1-8-35-20(30)25(7,15(28)12-42-21(31)23(2,3)4)13-37-41(33,34)36-11-14-17-18(40-24(5,6)39-17)19(38-14)27-10-9-16(29)26-22(27)32/h9-10,14,17-19H,8,11-13H2,1-7H3,(H,33,34)(H,26,29,32)/t14-,17-,18-,19-,25?/m1/s1. The molecule has 3 heterocycles. The third-order valence-electron chi connectivity index (χ3n) is 6.46. The first kappa shape index (κ1) is 34.3. The summed E-state index contributed by atoms with van der Waals surface area (Å²) in [6.07, 6.45) is -2.54. The van der Waals surface area contributed by atoms with Gasteiger partial charge < -0.3 is 23.8 Å². The molecule has 0 aromatic carbocycles. The summed E-state index contributed by atoms with van der Waals surface area (Å²) in [4.78, 5) is 74.4. The average Bonchev–Trinajstić information content (AvgIpc) is 3.36. The second-order valence-electron chi connectivity index (χ2n) is 11.5. The molecule has 2 aliphatic heterocycles. The van der Waals surface area contributed by atoms with Gasteiger partial charge in [-0.3, -0.25) is 37.8 Å². The van der Waals surface area contributed by atoms with E-state index in [1.165, 1.54) is 20.0 Å². The number of esters is 1. The summed E-state index contributed by atoms with van der Waals surface area (Å²) >= 11 is 0.722. The van der Waals surface area contributed by atoms with Crippen molar-refractivity contribution < 1.29 is 51.8 Å². The second kappa shape index (κ2) is 12.8. The first-order chi connectivity index (χ1) is 19.3. The zero-order chi connectivity index (χ0) is 31.7. The van der Waals surface area contributed by atoms with Gasteiger partial charge in [0.15, 0.2) is 22.9 Å². The Morgan fingerprint density at radius 3 is 2.38 bits per heavy atom. The Hall–Kier alpha value is -2.17. The van der Waals surface area contributed by atoms with Crippen LogP contribution in [0.1, 0.15) is 54.7 Å². The predicted octanol–water partition coefficient (Wildman–Crippen LogP) is 1.53. The summed E-state index contributed by atoms with van der Waals surface area (Å²) in [5.41, 5.74) is -4.12. The molecular formula is C25H37N2O13PS. The summed E-state index contributed by atoms with van der Waals surface area (Å²) < 4.78 is 46.8. The van der Waals surface area contributed by atoms with Gasteiger partial charge >= 0.3 is 19.5 Å². The van der Waals surface area contributed by atoms with Crippen LogP contribution >= 0.6 is 19.6 Å². The number of hydrogen-bond donors (Lipinski definition) is 2. The van der Waals surface area contributed by atoms with Crippen LogP contribution in [0.3, 0.4) is 0 Å². The van der Waals surface area contributed by atoms with Crippen LogP contribution in [0, 0.1) is 10.8 Å². The number of ketones is 1. The highest BCUT2D eigenvalue weighted by Crippen LogP contribution is 2.48. The number of rotatable bonds is 12. The Morgan fingerprint density at radius 1 is 1.14 bits per heavy atom. The predicted molar refractivity (Wildman–Crippen MR) is 147 cm³/mol. The molecule has 15 nitrogen and oxygen atoms in total. The molecule has 0 aliphatic carbocycles. The van der Waals surface area contributed by atoms with Crippen LogP contribution in [0.2, 0.25) is 0 Å². The lowest BCUT2D eigenvalue weighted by Gasteiger charge is -2.27. The van der Waals surface area contributed by atoms with Crippen molar-refractivity contribution in [3.05, 3.63) is 33.1 Å². The Bertz CT molecular complexity index is 1350. The fourth-order valence-electron chi connectivity index (χ4n) is 4.11. The zero-order valence-corrected chi connectivity index (χ0v) is 26.2. The van der Waals surface area contributed by atoms with Crippen LogP contribution in [0.15, 0.2) is 21.9 Å². The lowest BCUT2D eigenvalue weighted by Crippen LogP contribution is -2.43. The lowest BCUT2D eigenvalue weighted by atomic mass is 9.87. The zero-order valence-electron chi connectivity index (χ0n) is 24.4. The molecule has 3 rings (SSSR count). The molecular weight excluding hydrogens is 599 g/mol. The van der Waals surface area contributed by atoms with Crippen molar-refractivity contribution >= 4 is 36.5 Å². The van der Waals surface area contributed by atoms with Crippen molar-refractivity contribution in [1.82, 2.24) is 9.55 Å². The molecule has 2 N–H and O–H groups in total. The third-order valence-corrected chi connectivity index (χ3v) is 8.67.